The Morgan fingerprint density at radius 3 is 2.42 bits per heavy atom. The third kappa shape index (κ3) is 3.37. The van der Waals surface area contributed by atoms with Crippen molar-refractivity contribution in [3.8, 4) is 0 Å². The van der Waals surface area contributed by atoms with Gasteiger partial charge in [0.2, 0.25) is 0 Å². The van der Waals surface area contributed by atoms with E-state index >= 15 is 0 Å². The lowest BCUT2D eigenvalue weighted by atomic mass is 9.93. The standard InChI is InChI=1S/C17H20ClN/c1-12-6-4-5-7-14(12)11-17(19-3)16-9-8-15(18)10-13(16)2/h4-10,17,19H,11H2,1-3H3. The highest BCUT2D eigenvalue weighted by Crippen LogP contribution is 2.25. The Morgan fingerprint density at radius 1 is 1.05 bits per heavy atom. The van der Waals surface area contributed by atoms with Crippen LogP contribution in [0.1, 0.15) is 28.3 Å². The van der Waals surface area contributed by atoms with Crippen LogP contribution in [-0.2, 0) is 6.42 Å². The van der Waals surface area contributed by atoms with Crippen molar-refractivity contribution in [3.05, 3.63) is 69.7 Å². The van der Waals surface area contributed by atoms with E-state index in [0.29, 0.717) is 6.04 Å². The Labute approximate surface area is 120 Å². The molecule has 0 aliphatic heterocycles. The van der Waals surface area contributed by atoms with Gasteiger partial charge in [0.05, 0.1) is 0 Å². The fourth-order valence-electron chi connectivity index (χ4n) is 2.46. The number of aryl methyl sites for hydroxylation is 2. The molecule has 0 heterocycles. The molecule has 0 spiro atoms. The number of likely N-dealkylation sites (N-methyl/N-ethyl adjacent to an activating group) is 1. The Kier molecular flexibility index (Phi) is 4.62. The second kappa shape index (κ2) is 6.23. The van der Waals surface area contributed by atoms with Gasteiger partial charge in [-0.3, -0.25) is 0 Å². The van der Waals surface area contributed by atoms with E-state index in [9.17, 15) is 0 Å². The van der Waals surface area contributed by atoms with Gasteiger partial charge in [0.25, 0.3) is 0 Å². The summed E-state index contributed by atoms with van der Waals surface area (Å²) < 4.78 is 0. The third-order valence-corrected chi connectivity index (χ3v) is 3.88. The highest BCUT2D eigenvalue weighted by Gasteiger charge is 2.13. The van der Waals surface area contributed by atoms with Crippen LogP contribution in [0, 0.1) is 13.8 Å². The molecule has 0 aromatic heterocycles. The molecule has 0 bridgehead atoms. The summed E-state index contributed by atoms with van der Waals surface area (Å²) in [5.41, 5.74) is 5.28. The fourth-order valence-corrected chi connectivity index (χ4v) is 2.68. The second-order valence-electron chi connectivity index (χ2n) is 4.97. The molecule has 0 aliphatic carbocycles. The summed E-state index contributed by atoms with van der Waals surface area (Å²) in [4.78, 5) is 0. The van der Waals surface area contributed by atoms with E-state index in [0.717, 1.165) is 11.4 Å². The zero-order valence-corrected chi connectivity index (χ0v) is 12.5. The maximum absolute atomic E-state index is 6.03. The molecule has 0 saturated carbocycles. The smallest absolute Gasteiger partial charge is 0.0408 e. The van der Waals surface area contributed by atoms with Gasteiger partial charge >= 0.3 is 0 Å². The molecule has 0 amide bonds. The van der Waals surface area contributed by atoms with Crippen molar-refractivity contribution >= 4 is 11.6 Å². The number of benzene rings is 2. The zero-order chi connectivity index (χ0) is 13.8. The molecule has 2 rings (SSSR count). The van der Waals surface area contributed by atoms with Gasteiger partial charge < -0.3 is 5.32 Å². The Bertz CT molecular complexity index is 563. The first-order chi connectivity index (χ1) is 9.11. The summed E-state index contributed by atoms with van der Waals surface area (Å²) in [6.07, 6.45) is 0.992. The average Bonchev–Trinajstić information content (AvgIpc) is 2.39. The van der Waals surface area contributed by atoms with Crippen LogP contribution in [0.3, 0.4) is 0 Å². The molecule has 1 atom stereocenters. The van der Waals surface area contributed by atoms with Crippen LogP contribution in [0.2, 0.25) is 5.02 Å². The quantitative estimate of drug-likeness (QED) is 0.867. The number of halogens is 1. The van der Waals surface area contributed by atoms with Crippen molar-refractivity contribution in [2.24, 2.45) is 0 Å². The number of rotatable bonds is 4. The van der Waals surface area contributed by atoms with Gasteiger partial charge in [-0.1, -0.05) is 41.9 Å². The molecule has 1 unspecified atom stereocenters. The Balaban J connectivity index is 2.28. The van der Waals surface area contributed by atoms with Crippen molar-refractivity contribution in [1.29, 1.82) is 0 Å². The molecule has 1 nitrogen and oxygen atoms in total. The lowest BCUT2D eigenvalue weighted by Gasteiger charge is -2.20. The summed E-state index contributed by atoms with van der Waals surface area (Å²) in [6, 6.07) is 15.0. The van der Waals surface area contributed by atoms with Crippen LogP contribution in [0.15, 0.2) is 42.5 Å². The third-order valence-electron chi connectivity index (χ3n) is 3.64. The molecular formula is C17H20ClN. The number of nitrogens with one attached hydrogen (secondary N) is 1. The van der Waals surface area contributed by atoms with Gasteiger partial charge in [-0.15, -0.1) is 0 Å². The monoisotopic (exact) mass is 273 g/mol. The van der Waals surface area contributed by atoms with Crippen molar-refractivity contribution in [1.82, 2.24) is 5.32 Å². The SMILES string of the molecule is CNC(Cc1ccccc1C)c1ccc(Cl)cc1C. The Hall–Kier alpha value is -1.31. The van der Waals surface area contributed by atoms with Crippen LogP contribution >= 0.6 is 11.6 Å². The highest BCUT2D eigenvalue weighted by molar-refractivity contribution is 6.30. The van der Waals surface area contributed by atoms with Crippen LogP contribution in [0.25, 0.3) is 0 Å². The molecule has 0 saturated heterocycles. The van der Waals surface area contributed by atoms with Crippen molar-refractivity contribution < 1.29 is 0 Å². The molecule has 2 aromatic carbocycles. The van der Waals surface area contributed by atoms with E-state index in [1.807, 2.05) is 19.2 Å². The van der Waals surface area contributed by atoms with Crippen LogP contribution in [0.4, 0.5) is 0 Å². The molecule has 2 heteroatoms. The molecule has 0 radical (unpaired) electrons. The second-order valence-corrected chi connectivity index (χ2v) is 5.41. The molecule has 1 N–H and O–H groups in total. The minimum Gasteiger partial charge on any atom is -0.313 e. The van der Waals surface area contributed by atoms with Crippen LogP contribution < -0.4 is 5.32 Å². The maximum atomic E-state index is 6.03. The van der Waals surface area contributed by atoms with E-state index < -0.39 is 0 Å². The predicted octanol–water partition coefficient (Wildman–Crippen LogP) is 4.46. The molecular weight excluding hydrogens is 254 g/mol. The van der Waals surface area contributed by atoms with Crippen LogP contribution in [-0.4, -0.2) is 7.05 Å². The van der Waals surface area contributed by atoms with Gasteiger partial charge in [0.1, 0.15) is 0 Å². The van der Waals surface area contributed by atoms with Gasteiger partial charge in [0, 0.05) is 11.1 Å². The van der Waals surface area contributed by atoms with Crippen molar-refractivity contribution in [2.75, 3.05) is 7.05 Å². The van der Waals surface area contributed by atoms with Gasteiger partial charge in [0.15, 0.2) is 0 Å². The first-order valence-electron chi connectivity index (χ1n) is 6.59. The minimum absolute atomic E-state index is 0.318. The van der Waals surface area contributed by atoms with Crippen molar-refractivity contribution in [3.63, 3.8) is 0 Å². The van der Waals surface area contributed by atoms with Crippen LogP contribution in [0.5, 0.6) is 0 Å². The predicted molar refractivity (Wildman–Crippen MR) is 82.9 cm³/mol. The van der Waals surface area contributed by atoms with E-state index in [1.54, 1.807) is 0 Å². The van der Waals surface area contributed by atoms with E-state index in [-0.39, 0.29) is 0 Å². The summed E-state index contributed by atoms with van der Waals surface area (Å²) in [7, 11) is 2.01. The first kappa shape index (κ1) is 14.1. The minimum atomic E-state index is 0.318. The number of hydrogen-bond donors (Lipinski definition) is 1. The number of hydrogen-bond acceptors (Lipinski definition) is 1. The first-order valence-corrected chi connectivity index (χ1v) is 6.97. The maximum Gasteiger partial charge on any atom is 0.0408 e. The summed E-state index contributed by atoms with van der Waals surface area (Å²) >= 11 is 6.03. The molecule has 2 aromatic rings. The topological polar surface area (TPSA) is 12.0 Å². The van der Waals surface area contributed by atoms with Gasteiger partial charge in [-0.25, -0.2) is 0 Å². The van der Waals surface area contributed by atoms with Gasteiger partial charge in [-0.05, 0) is 61.7 Å². The molecule has 0 aliphatic rings. The highest BCUT2D eigenvalue weighted by atomic mass is 35.5. The van der Waals surface area contributed by atoms with E-state index in [2.05, 4.69) is 49.5 Å². The van der Waals surface area contributed by atoms with E-state index in [4.69, 9.17) is 11.6 Å². The zero-order valence-electron chi connectivity index (χ0n) is 11.7. The molecule has 0 fully saturated rings. The lowest BCUT2D eigenvalue weighted by Crippen LogP contribution is -2.20. The fraction of sp³-hybridized carbons (Fsp3) is 0.294. The summed E-state index contributed by atoms with van der Waals surface area (Å²) in [6.45, 7) is 4.28. The summed E-state index contributed by atoms with van der Waals surface area (Å²) in [5.74, 6) is 0. The normalized spacial score (nSPS) is 12.4. The molecule has 19 heavy (non-hydrogen) atoms. The molecule has 100 valence electrons. The largest absolute Gasteiger partial charge is 0.313 e. The lowest BCUT2D eigenvalue weighted by molar-refractivity contribution is 0.587. The van der Waals surface area contributed by atoms with Gasteiger partial charge in [-0.2, -0.15) is 0 Å². The van der Waals surface area contributed by atoms with E-state index in [1.165, 1.54) is 22.3 Å². The summed E-state index contributed by atoms with van der Waals surface area (Å²) in [5, 5.41) is 4.21. The van der Waals surface area contributed by atoms with Crippen molar-refractivity contribution in [2.45, 2.75) is 26.3 Å². The Morgan fingerprint density at radius 2 is 1.79 bits per heavy atom. The average molecular weight is 274 g/mol.